The molecule has 0 fully saturated rings. The molecule has 0 radical (unpaired) electrons. The molecule has 1 aliphatic heterocycles. The van der Waals surface area contributed by atoms with E-state index in [4.69, 9.17) is 0 Å². The van der Waals surface area contributed by atoms with Gasteiger partial charge in [-0.15, -0.1) is 0 Å². The van der Waals surface area contributed by atoms with E-state index in [-0.39, 0.29) is 9.80 Å². The zero-order valence-electron chi connectivity index (χ0n) is 11.8. The first kappa shape index (κ1) is 15.8. The summed E-state index contributed by atoms with van der Waals surface area (Å²) in [5, 5.41) is 9.23. The summed E-state index contributed by atoms with van der Waals surface area (Å²) in [6.07, 6.45) is 1.43. The number of hydrogen-bond acceptors (Lipinski definition) is 4. The molecule has 5 nitrogen and oxygen atoms in total. The first-order valence-electron chi connectivity index (χ1n) is 6.76. The van der Waals surface area contributed by atoms with Gasteiger partial charge in [0.05, 0.1) is 15.8 Å². The first-order valence-corrected chi connectivity index (χ1v) is 9.06. The molecule has 0 saturated carbocycles. The lowest BCUT2D eigenvalue weighted by molar-refractivity contribution is -0.131. The second kappa shape index (κ2) is 6.19. The number of fused-ring (bicyclic) bond motifs is 1. The molecule has 1 unspecified atom stereocenters. The number of carboxylic acids is 1. The summed E-state index contributed by atoms with van der Waals surface area (Å²) in [6.45, 7) is 0. The lowest BCUT2D eigenvalue weighted by Crippen LogP contribution is -2.29. The minimum absolute atomic E-state index is 0.101. The van der Waals surface area contributed by atoms with Crippen LogP contribution in [-0.4, -0.2) is 19.5 Å². The maximum absolute atomic E-state index is 12.5. The topological polar surface area (TPSA) is 83.5 Å². The van der Waals surface area contributed by atoms with Gasteiger partial charge in [-0.1, -0.05) is 48.2 Å². The molecule has 1 atom stereocenters. The Morgan fingerprint density at radius 2 is 1.70 bits per heavy atom. The third-order valence-corrected chi connectivity index (χ3v) is 5.92. The molecule has 0 bridgehead atoms. The minimum Gasteiger partial charge on any atom is -0.477 e. The highest BCUT2D eigenvalue weighted by molar-refractivity contribution is 8.04. The van der Waals surface area contributed by atoms with Gasteiger partial charge >= 0.3 is 5.97 Å². The van der Waals surface area contributed by atoms with Crippen LogP contribution in [0.25, 0.3) is 0 Å². The molecule has 0 amide bonds. The monoisotopic (exact) mass is 347 g/mol. The lowest BCUT2D eigenvalue weighted by Gasteiger charge is -2.23. The number of sulfonamides is 1. The summed E-state index contributed by atoms with van der Waals surface area (Å²) in [5.41, 5.74) is 0.738. The number of aliphatic carboxylic acids is 1. The third-order valence-electron chi connectivity index (χ3n) is 3.34. The molecular weight excluding hydrogens is 334 g/mol. The van der Waals surface area contributed by atoms with Gasteiger partial charge < -0.3 is 5.11 Å². The molecule has 7 heteroatoms. The van der Waals surface area contributed by atoms with E-state index in [1.807, 2.05) is 0 Å². The van der Waals surface area contributed by atoms with Gasteiger partial charge in [-0.2, -0.15) is 4.72 Å². The quantitative estimate of drug-likeness (QED) is 0.888. The Morgan fingerprint density at radius 3 is 2.39 bits per heavy atom. The highest BCUT2D eigenvalue weighted by Gasteiger charge is 2.27. The summed E-state index contributed by atoms with van der Waals surface area (Å²) < 4.78 is 27.6. The molecule has 2 aromatic rings. The van der Waals surface area contributed by atoms with E-state index in [1.165, 1.54) is 18.2 Å². The molecule has 1 heterocycles. The van der Waals surface area contributed by atoms with E-state index in [1.54, 1.807) is 42.5 Å². The van der Waals surface area contributed by atoms with E-state index >= 15 is 0 Å². The highest BCUT2D eigenvalue weighted by atomic mass is 32.2. The second-order valence-corrected chi connectivity index (χ2v) is 7.69. The van der Waals surface area contributed by atoms with E-state index < -0.39 is 22.0 Å². The predicted octanol–water partition coefficient (Wildman–Crippen LogP) is 2.78. The van der Waals surface area contributed by atoms with Crippen molar-refractivity contribution in [2.45, 2.75) is 15.8 Å². The van der Waals surface area contributed by atoms with Crippen LogP contribution in [-0.2, 0) is 14.8 Å². The minimum atomic E-state index is -3.75. The van der Waals surface area contributed by atoms with Crippen LogP contribution in [0.1, 0.15) is 11.6 Å². The standard InChI is InChI=1S/C16H13NO4S2/c18-16(19)15-10-13(12-8-4-5-9-14(12)22-15)17-23(20,21)11-6-2-1-3-7-11/h1-10,13,17H,(H,18,19). The molecule has 1 aliphatic rings. The third kappa shape index (κ3) is 3.31. The van der Waals surface area contributed by atoms with Crippen LogP contribution in [0, 0.1) is 0 Å². The average Bonchev–Trinajstić information content (AvgIpc) is 2.55. The Bertz CT molecular complexity index is 876. The average molecular weight is 347 g/mol. The van der Waals surface area contributed by atoms with Gasteiger partial charge in [-0.05, 0) is 29.8 Å². The molecule has 0 aromatic heterocycles. The summed E-state index contributed by atoms with van der Waals surface area (Å²) in [4.78, 5) is 12.2. The molecule has 0 aliphatic carbocycles. The first-order chi connectivity index (χ1) is 11.0. The second-order valence-electron chi connectivity index (χ2n) is 4.89. The lowest BCUT2D eigenvalue weighted by atomic mass is 10.1. The van der Waals surface area contributed by atoms with Gasteiger partial charge in [0.2, 0.25) is 10.0 Å². The number of carbonyl (C=O) groups is 1. The Hall–Kier alpha value is -2.09. The number of thioether (sulfide) groups is 1. The van der Waals surface area contributed by atoms with Crippen molar-refractivity contribution in [3.63, 3.8) is 0 Å². The number of carboxylic acid groups (broad SMARTS) is 1. The molecular formula is C16H13NO4S2. The fourth-order valence-corrected chi connectivity index (χ4v) is 4.44. The summed E-state index contributed by atoms with van der Waals surface area (Å²) in [6, 6.07) is 14.4. The van der Waals surface area contributed by atoms with E-state index in [0.717, 1.165) is 22.2 Å². The molecule has 2 aromatic carbocycles. The van der Waals surface area contributed by atoms with E-state index in [2.05, 4.69) is 4.72 Å². The van der Waals surface area contributed by atoms with Crippen molar-refractivity contribution in [3.8, 4) is 0 Å². The van der Waals surface area contributed by atoms with Crippen LogP contribution in [0.15, 0.2) is 75.4 Å². The molecule has 0 spiro atoms. The van der Waals surface area contributed by atoms with Crippen LogP contribution in [0.4, 0.5) is 0 Å². The van der Waals surface area contributed by atoms with Crippen LogP contribution in [0.5, 0.6) is 0 Å². The summed E-state index contributed by atoms with van der Waals surface area (Å²) >= 11 is 1.12. The molecule has 3 rings (SSSR count). The molecule has 118 valence electrons. The zero-order valence-corrected chi connectivity index (χ0v) is 13.5. The molecule has 2 N–H and O–H groups in total. The summed E-state index contributed by atoms with van der Waals surface area (Å²) in [7, 11) is -3.75. The predicted molar refractivity (Wildman–Crippen MR) is 87.5 cm³/mol. The van der Waals surface area contributed by atoms with Gasteiger partial charge in [-0.3, -0.25) is 0 Å². The maximum atomic E-state index is 12.5. The van der Waals surface area contributed by atoms with Crippen LogP contribution >= 0.6 is 11.8 Å². The van der Waals surface area contributed by atoms with Crippen LogP contribution < -0.4 is 4.72 Å². The van der Waals surface area contributed by atoms with Gasteiger partial charge in [0.15, 0.2) is 0 Å². The number of hydrogen-bond donors (Lipinski definition) is 2. The van der Waals surface area contributed by atoms with Crippen molar-refractivity contribution in [1.82, 2.24) is 4.72 Å². The van der Waals surface area contributed by atoms with Gasteiger partial charge in [-0.25, -0.2) is 13.2 Å². The largest absolute Gasteiger partial charge is 0.477 e. The number of rotatable bonds is 4. The zero-order chi connectivity index (χ0) is 16.4. The fourth-order valence-electron chi connectivity index (χ4n) is 2.27. The normalized spacial score (nSPS) is 17.2. The van der Waals surface area contributed by atoms with Crippen molar-refractivity contribution in [2.24, 2.45) is 0 Å². The Morgan fingerprint density at radius 1 is 1.04 bits per heavy atom. The van der Waals surface area contributed by atoms with Crippen LogP contribution in [0.2, 0.25) is 0 Å². The van der Waals surface area contributed by atoms with E-state index in [9.17, 15) is 18.3 Å². The molecule has 23 heavy (non-hydrogen) atoms. The summed E-state index contributed by atoms with van der Waals surface area (Å²) in [5.74, 6) is -1.08. The van der Waals surface area contributed by atoms with Crippen LogP contribution in [0.3, 0.4) is 0 Å². The number of nitrogens with one attached hydrogen (secondary N) is 1. The Kier molecular flexibility index (Phi) is 4.25. The highest BCUT2D eigenvalue weighted by Crippen LogP contribution is 2.39. The van der Waals surface area contributed by atoms with Crippen molar-refractivity contribution < 1.29 is 18.3 Å². The Balaban J connectivity index is 2.00. The maximum Gasteiger partial charge on any atom is 0.342 e. The van der Waals surface area contributed by atoms with Gasteiger partial charge in [0, 0.05) is 4.90 Å². The number of benzene rings is 2. The van der Waals surface area contributed by atoms with Gasteiger partial charge in [0.1, 0.15) is 0 Å². The van der Waals surface area contributed by atoms with Crippen molar-refractivity contribution in [1.29, 1.82) is 0 Å². The Labute approximate surface area is 138 Å². The fraction of sp³-hybridized carbons (Fsp3) is 0.0625. The smallest absolute Gasteiger partial charge is 0.342 e. The van der Waals surface area contributed by atoms with Crippen molar-refractivity contribution in [3.05, 3.63) is 71.1 Å². The molecule has 0 saturated heterocycles. The van der Waals surface area contributed by atoms with Crippen molar-refractivity contribution in [2.75, 3.05) is 0 Å². The van der Waals surface area contributed by atoms with Crippen molar-refractivity contribution >= 4 is 27.8 Å². The SMILES string of the molecule is O=C(O)C1=CC(NS(=O)(=O)c2ccccc2)c2ccccc2S1. The van der Waals surface area contributed by atoms with E-state index in [0.29, 0.717) is 0 Å². The van der Waals surface area contributed by atoms with Gasteiger partial charge in [0.25, 0.3) is 0 Å².